The van der Waals surface area contributed by atoms with Gasteiger partial charge in [0.1, 0.15) is 13.2 Å². The molecule has 0 aliphatic rings. The van der Waals surface area contributed by atoms with Gasteiger partial charge in [-0.15, -0.1) is 0 Å². The van der Waals surface area contributed by atoms with Gasteiger partial charge in [-0.3, -0.25) is 14.4 Å². The first-order valence-electron chi connectivity index (χ1n) is 31.3. The van der Waals surface area contributed by atoms with Crippen molar-refractivity contribution < 1.29 is 28.6 Å². The zero-order chi connectivity index (χ0) is 52.2. The predicted molar refractivity (Wildman–Crippen MR) is 312 cm³/mol. The van der Waals surface area contributed by atoms with E-state index in [2.05, 4.69) is 69.4 Å². The van der Waals surface area contributed by atoms with Gasteiger partial charge in [-0.2, -0.15) is 0 Å². The molecule has 0 radical (unpaired) electrons. The first-order chi connectivity index (χ1) is 35.5. The quantitative estimate of drug-likeness (QED) is 0.0261. The second-order valence-electron chi connectivity index (χ2n) is 21.0. The largest absolute Gasteiger partial charge is 0.462 e. The summed E-state index contributed by atoms with van der Waals surface area (Å²) in [6, 6.07) is 0. The van der Waals surface area contributed by atoms with E-state index in [4.69, 9.17) is 14.2 Å². The number of rotatable bonds is 57. The van der Waals surface area contributed by atoms with Crippen LogP contribution in [0.3, 0.4) is 0 Å². The van der Waals surface area contributed by atoms with Crippen molar-refractivity contribution in [2.45, 2.75) is 329 Å². The maximum absolute atomic E-state index is 12.8. The molecule has 0 spiro atoms. The van der Waals surface area contributed by atoms with E-state index >= 15 is 0 Å². The highest BCUT2D eigenvalue weighted by atomic mass is 16.6. The van der Waals surface area contributed by atoms with Crippen LogP contribution in [-0.2, 0) is 28.6 Å². The third-order valence-corrected chi connectivity index (χ3v) is 13.8. The molecule has 0 bridgehead atoms. The average Bonchev–Trinajstić information content (AvgIpc) is 3.38. The fourth-order valence-electron chi connectivity index (χ4n) is 9.17. The molecule has 0 saturated carbocycles. The highest BCUT2D eigenvalue weighted by Gasteiger charge is 2.19. The summed E-state index contributed by atoms with van der Waals surface area (Å²) in [7, 11) is 0. The molecule has 72 heavy (non-hydrogen) atoms. The van der Waals surface area contributed by atoms with Gasteiger partial charge >= 0.3 is 17.9 Å². The summed E-state index contributed by atoms with van der Waals surface area (Å²) in [5, 5.41) is 0. The molecular weight excluding hydrogens is 889 g/mol. The number of hydrogen-bond acceptors (Lipinski definition) is 6. The number of hydrogen-bond donors (Lipinski definition) is 0. The second kappa shape index (κ2) is 60.7. The Kier molecular flexibility index (Phi) is 58.2. The lowest BCUT2D eigenvalue weighted by molar-refractivity contribution is -0.166. The van der Waals surface area contributed by atoms with Crippen molar-refractivity contribution in [2.75, 3.05) is 13.2 Å². The van der Waals surface area contributed by atoms with Gasteiger partial charge in [0.2, 0.25) is 0 Å². The third kappa shape index (κ3) is 58.0. The molecule has 1 unspecified atom stereocenters. The van der Waals surface area contributed by atoms with Gasteiger partial charge in [-0.25, -0.2) is 0 Å². The molecule has 1 atom stereocenters. The molecule has 0 aromatic carbocycles. The van der Waals surface area contributed by atoms with Crippen molar-refractivity contribution in [1.82, 2.24) is 0 Å². The Hall–Kier alpha value is -2.89. The summed E-state index contributed by atoms with van der Waals surface area (Å²) in [4.78, 5) is 38.0. The Balaban J connectivity index is 4.16. The lowest BCUT2D eigenvalue weighted by atomic mass is 10.0. The molecule has 0 aliphatic carbocycles. The lowest BCUT2D eigenvalue weighted by Gasteiger charge is -2.18. The Morgan fingerprint density at radius 2 is 0.528 bits per heavy atom. The summed E-state index contributed by atoms with van der Waals surface area (Å²) >= 11 is 0. The van der Waals surface area contributed by atoms with E-state index in [1.54, 1.807) is 6.08 Å². The number of carbonyl (C=O) groups excluding carboxylic acids is 3. The summed E-state index contributed by atoms with van der Waals surface area (Å²) in [6.07, 6.45) is 77.1. The summed E-state index contributed by atoms with van der Waals surface area (Å²) in [5.74, 6) is -1.03. The normalized spacial score (nSPS) is 12.4. The van der Waals surface area contributed by atoms with Gasteiger partial charge in [0.05, 0.1) is 6.42 Å². The smallest absolute Gasteiger partial charge is 0.310 e. The standard InChI is InChI=1S/C66H118O6/c1-4-7-10-13-16-19-22-24-26-27-28-29-30-31-32-33-34-35-36-37-38-39-41-42-44-47-50-53-56-59-65(68)71-62-63(61-70-64(67)58-55-52-49-46-21-18-15-12-9-6-3)72-66(69)60-57-54-51-48-45-43-40-25-23-20-17-14-11-8-5-2/h8,11,17,20,25,40,45,48,54,57,63H,4-7,9-10,12-16,18-19,21-24,26-39,41-44,46-47,49-53,55-56,58-62H2,1-3H3/b11-8-,20-17-,40-25-,48-45-,57-54-. The number of carbonyl (C=O) groups is 3. The van der Waals surface area contributed by atoms with Crippen LogP contribution in [0.15, 0.2) is 60.8 Å². The minimum atomic E-state index is -0.825. The minimum Gasteiger partial charge on any atom is -0.462 e. The van der Waals surface area contributed by atoms with Crippen LogP contribution in [0.5, 0.6) is 0 Å². The number of unbranched alkanes of at least 4 members (excludes halogenated alkanes) is 37. The molecule has 0 aromatic rings. The summed E-state index contributed by atoms with van der Waals surface area (Å²) in [5.41, 5.74) is 0. The van der Waals surface area contributed by atoms with E-state index in [1.807, 2.05) is 6.08 Å². The molecule has 0 N–H and O–H groups in total. The van der Waals surface area contributed by atoms with E-state index in [1.165, 1.54) is 212 Å². The zero-order valence-electron chi connectivity index (χ0n) is 47.9. The predicted octanol–water partition coefficient (Wildman–Crippen LogP) is 21.2. The van der Waals surface area contributed by atoms with Crippen LogP contribution in [0.25, 0.3) is 0 Å². The first-order valence-corrected chi connectivity index (χ1v) is 31.3. The van der Waals surface area contributed by atoms with Crippen LogP contribution >= 0.6 is 0 Å². The fourth-order valence-corrected chi connectivity index (χ4v) is 9.17. The maximum Gasteiger partial charge on any atom is 0.310 e. The molecule has 0 saturated heterocycles. The molecule has 0 rings (SSSR count). The lowest BCUT2D eigenvalue weighted by Crippen LogP contribution is -2.30. The van der Waals surface area contributed by atoms with Crippen LogP contribution < -0.4 is 0 Å². The molecule has 6 nitrogen and oxygen atoms in total. The van der Waals surface area contributed by atoms with Crippen molar-refractivity contribution in [1.29, 1.82) is 0 Å². The molecule has 0 fully saturated rings. The van der Waals surface area contributed by atoms with Gasteiger partial charge in [0.25, 0.3) is 0 Å². The highest BCUT2D eigenvalue weighted by molar-refractivity contribution is 5.72. The summed E-state index contributed by atoms with van der Waals surface area (Å²) in [6.45, 7) is 6.47. The Bertz CT molecular complexity index is 1290. The van der Waals surface area contributed by atoms with Crippen LogP contribution in [0.1, 0.15) is 323 Å². The van der Waals surface area contributed by atoms with Crippen molar-refractivity contribution in [2.24, 2.45) is 0 Å². The van der Waals surface area contributed by atoms with Crippen molar-refractivity contribution >= 4 is 17.9 Å². The Morgan fingerprint density at radius 1 is 0.292 bits per heavy atom. The first kappa shape index (κ1) is 69.1. The Labute approximate surface area is 447 Å². The number of esters is 3. The van der Waals surface area contributed by atoms with Gasteiger partial charge in [-0.1, -0.05) is 319 Å². The van der Waals surface area contributed by atoms with Crippen molar-refractivity contribution in [3.63, 3.8) is 0 Å². The molecule has 6 heteroatoms. The SMILES string of the molecule is CC/C=C\C/C=C\C/C=C\C/C=C\C/C=C\CC(=O)OC(COC(=O)CCCCCCCCCCCC)COC(=O)CCCCCCCCCCCCCCCCCCCCCCCCCCCCCCC. The second-order valence-corrected chi connectivity index (χ2v) is 21.0. The van der Waals surface area contributed by atoms with Gasteiger partial charge < -0.3 is 14.2 Å². The average molecular weight is 1010 g/mol. The molecule has 0 aromatic heterocycles. The number of ether oxygens (including phenoxy) is 3. The minimum absolute atomic E-state index is 0.101. The van der Waals surface area contributed by atoms with E-state index in [0.717, 1.165) is 70.6 Å². The molecule has 0 amide bonds. The van der Waals surface area contributed by atoms with Crippen molar-refractivity contribution in [3.8, 4) is 0 Å². The fraction of sp³-hybridized carbons (Fsp3) is 0.803. The molecule has 0 aliphatic heterocycles. The molecule has 0 heterocycles. The highest BCUT2D eigenvalue weighted by Crippen LogP contribution is 2.18. The van der Waals surface area contributed by atoms with Gasteiger partial charge in [-0.05, 0) is 44.9 Å². The van der Waals surface area contributed by atoms with E-state index in [-0.39, 0.29) is 31.6 Å². The van der Waals surface area contributed by atoms with Gasteiger partial charge in [0.15, 0.2) is 6.10 Å². The van der Waals surface area contributed by atoms with E-state index < -0.39 is 12.1 Å². The van der Waals surface area contributed by atoms with Gasteiger partial charge in [0, 0.05) is 12.8 Å². The summed E-state index contributed by atoms with van der Waals surface area (Å²) < 4.78 is 16.7. The Morgan fingerprint density at radius 3 is 0.792 bits per heavy atom. The van der Waals surface area contributed by atoms with E-state index in [0.29, 0.717) is 12.8 Å². The van der Waals surface area contributed by atoms with Crippen LogP contribution in [0, 0.1) is 0 Å². The number of allylic oxidation sites excluding steroid dienone is 9. The van der Waals surface area contributed by atoms with E-state index in [9.17, 15) is 14.4 Å². The monoisotopic (exact) mass is 1010 g/mol. The van der Waals surface area contributed by atoms with Crippen LogP contribution in [-0.4, -0.2) is 37.2 Å². The topological polar surface area (TPSA) is 78.9 Å². The van der Waals surface area contributed by atoms with Crippen molar-refractivity contribution in [3.05, 3.63) is 60.8 Å². The van der Waals surface area contributed by atoms with Crippen LogP contribution in [0.2, 0.25) is 0 Å². The van der Waals surface area contributed by atoms with Crippen LogP contribution in [0.4, 0.5) is 0 Å². The maximum atomic E-state index is 12.8. The third-order valence-electron chi connectivity index (χ3n) is 13.8. The molecule has 418 valence electrons. The molecular formula is C66H118O6. The zero-order valence-corrected chi connectivity index (χ0v) is 47.9.